The molecule has 8 heteroatoms. The van der Waals surface area contributed by atoms with Crippen LogP contribution in [0.4, 0.5) is 0 Å². The van der Waals surface area contributed by atoms with Crippen molar-refractivity contribution in [3.63, 3.8) is 0 Å². The van der Waals surface area contributed by atoms with Crippen molar-refractivity contribution in [3.05, 3.63) is 102 Å². The first-order chi connectivity index (χ1) is 17.5. The molecule has 190 valence electrons. The van der Waals surface area contributed by atoms with Gasteiger partial charge in [-0.2, -0.15) is 0 Å². The van der Waals surface area contributed by atoms with Crippen LogP contribution in [0.5, 0.6) is 5.75 Å². The minimum Gasteiger partial charge on any atom is -0.497 e. The lowest BCUT2D eigenvalue weighted by Crippen LogP contribution is -2.55. The molecule has 0 aliphatic rings. The van der Waals surface area contributed by atoms with E-state index >= 15 is 0 Å². The monoisotopic (exact) mass is 493 g/mol. The number of methoxy groups -OCH3 is 2. The summed E-state index contributed by atoms with van der Waals surface area (Å²) in [4.78, 5) is 25.4. The lowest BCUT2D eigenvalue weighted by molar-refractivity contribution is -0.152. The molecule has 0 saturated carbocycles. The van der Waals surface area contributed by atoms with E-state index in [1.54, 1.807) is 24.3 Å². The predicted octanol–water partition coefficient (Wildman–Crippen LogP) is 3.13. The van der Waals surface area contributed by atoms with Crippen molar-refractivity contribution in [2.75, 3.05) is 20.8 Å². The van der Waals surface area contributed by atoms with E-state index in [2.05, 4.69) is 5.32 Å². The highest BCUT2D eigenvalue weighted by molar-refractivity contribution is 5.97. The van der Waals surface area contributed by atoms with Crippen LogP contribution in [-0.4, -0.2) is 56.1 Å². The molecule has 3 aromatic rings. The first-order valence-corrected chi connectivity index (χ1v) is 11.5. The third-order valence-corrected chi connectivity index (χ3v) is 5.52. The highest BCUT2D eigenvalue weighted by Crippen LogP contribution is 2.15. The topological polar surface area (TPSA) is 103 Å². The number of benzene rings is 3. The van der Waals surface area contributed by atoms with Crippen molar-refractivity contribution in [2.24, 2.45) is 0 Å². The van der Waals surface area contributed by atoms with Crippen LogP contribution in [0.2, 0.25) is 0 Å². The molecule has 1 amide bonds. The fraction of sp³-hybridized carbons (Fsp3) is 0.286. The average molecular weight is 494 g/mol. The molecule has 8 nitrogen and oxygen atoms in total. The lowest BCUT2D eigenvalue weighted by atomic mass is 10.0. The van der Waals surface area contributed by atoms with Gasteiger partial charge in [0.25, 0.3) is 5.91 Å². The van der Waals surface area contributed by atoms with E-state index in [4.69, 9.17) is 18.9 Å². The van der Waals surface area contributed by atoms with Crippen molar-refractivity contribution < 1.29 is 33.6 Å². The second-order valence-corrected chi connectivity index (χ2v) is 8.03. The summed E-state index contributed by atoms with van der Waals surface area (Å²) in [6.07, 6.45) is -2.38. The van der Waals surface area contributed by atoms with Crippen LogP contribution in [0, 0.1) is 0 Å². The average Bonchev–Trinajstić information content (AvgIpc) is 2.93. The summed E-state index contributed by atoms with van der Waals surface area (Å²) >= 11 is 0. The van der Waals surface area contributed by atoms with E-state index in [0.717, 1.165) is 11.1 Å². The van der Waals surface area contributed by atoms with Gasteiger partial charge in [0.2, 0.25) is 0 Å². The van der Waals surface area contributed by atoms with Gasteiger partial charge >= 0.3 is 5.97 Å². The number of aliphatic hydroxyl groups is 1. The van der Waals surface area contributed by atoms with E-state index in [9.17, 15) is 14.7 Å². The third kappa shape index (κ3) is 7.91. The zero-order valence-corrected chi connectivity index (χ0v) is 20.3. The molecule has 36 heavy (non-hydrogen) atoms. The Kier molecular flexibility index (Phi) is 10.4. The SMILES string of the molecule is COC(=O)[C@@H](NC(=O)c1ccc(OC)cc1)[C@@H](O)[C@@H](COCc1ccccc1)OCc1ccccc1. The van der Waals surface area contributed by atoms with E-state index < -0.39 is 30.1 Å². The zero-order valence-electron chi connectivity index (χ0n) is 20.3. The first kappa shape index (κ1) is 26.9. The molecule has 0 unspecified atom stereocenters. The largest absolute Gasteiger partial charge is 0.497 e. The Bertz CT molecular complexity index is 1070. The Morgan fingerprint density at radius 3 is 1.97 bits per heavy atom. The van der Waals surface area contributed by atoms with Gasteiger partial charge in [0.1, 0.15) is 18.0 Å². The smallest absolute Gasteiger partial charge is 0.331 e. The number of carbonyl (C=O) groups excluding carboxylic acids is 2. The number of aliphatic hydroxyl groups excluding tert-OH is 1. The minimum absolute atomic E-state index is 0.0191. The second kappa shape index (κ2) is 14.0. The van der Waals surface area contributed by atoms with Gasteiger partial charge in [0.05, 0.1) is 34.0 Å². The molecule has 3 rings (SSSR count). The summed E-state index contributed by atoms with van der Waals surface area (Å²) in [7, 11) is 2.71. The van der Waals surface area contributed by atoms with Gasteiger partial charge in [0, 0.05) is 5.56 Å². The number of hydrogen-bond acceptors (Lipinski definition) is 7. The zero-order chi connectivity index (χ0) is 25.8. The van der Waals surface area contributed by atoms with Gasteiger partial charge in [-0.3, -0.25) is 4.79 Å². The van der Waals surface area contributed by atoms with Crippen molar-refractivity contribution >= 4 is 11.9 Å². The molecule has 0 heterocycles. The Labute approximate surface area is 210 Å². The molecule has 2 N–H and O–H groups in total. The van der Waals surface area contributed by atoms with Crippen LogP contribution in [-0.2, 0) is 32.2 Å². The van der Waals surface area contributed by atoms with Gasteiger partial charge in [-0.15, -0.1) is 0 Å². The Morgan fingerprint density at radius 2 is 1.42 bits per heavy atom. The van der Waals surface area contributed by atoms with Crippen LogP contribution in [0.25, 0.3) is 0 Å². The van der Waals surface area contributed by atoms with Crippen LogP contribution in [0.15, 0.2) is 84.9 Å². The molecule has 0 aliphatic heterocycles. The summed E-state index contributed by atoms with van der Waals surface area (Å²) in [5.74, 6) is -0.777. The molecule has 0 aliphatic carbocycles. The standard InChI is InChI=1S/C28H31NO7/c1-33-23-15-13-22(14-16-23)27(31)29-25(28(32)34-2)26(30)24(36-18-21-11-7-4-8-12-21)19-35-17-20-9-5-3-6-10-20/h3-16,24-26,30H,17-19H2,1-2H3,(H,29,31)/t24-,25+,26+/m1/s1. The summed E-state index contributed by atoms with van der Waals surface area (Å²) in [5, 5.41) is 13.8. The highest BCUT2D eigenvalue weighted by Gasteiger charge is 2.36. The molecule has 0 fully saturated rings. The number of hydrogen-bond donors (Lipinski definition) is 2. The quantitative estimate of drug-likeness (QED) is 0.353. The number of carbonyl (C=O) groups is 2. The van der Waals surface area contributed by atoms with Crippen molar-refractivity contribution in [1.29, 1.82) is 0 Å². The number of nitrogens with one attached hydrogen (secondary N) is 1. The van der Waals surface area contributed by atoms with Crippen LogP contribution < -0.4 is 10.1 Å². The maximum absolute atomic E-state index is 12.8. The van der Waals surface area contributed by atoms with E-state index in [0.29, 0.717) is 17.9 Å². The molecular weight excluding hydrogens is 462 g/mol. The Balaban J connectivity index is 1.74. The molecule has 3 atom stereocenters. The normalized spacial score (nSPS) is 13.3. The number of ether oxygens (including phenoxy) is 4. The summed E-state index contributed by atoms with van der Waals surface area (Å²) in [6, 6.07) is 24.0. The van der Waals surface area contributed by atoms with Crippen LogP contribution in [0.3, 0.4) is 0 Å². The number of rotatable bonds is 13. The Hall–Kier alpha value is -3.72. The Morgan fingerprint density at radius 1 is 0.833 bits per heavy atom. The molecule has 0 aromatic heterocycles. The lowest BCUT2D eigenvalue weighted by Gasteiger charge is -2.29. The molecule has 0 saturated heterocycles. The van der Waals surface area contributed by atoms with E-state index in [1.165, 1.54) is 14.2 Å². The van der Waals surface area contributed by atoms with Gasteiger partial charge in [-0.05, 0) is 35.4 Å². The number of esters is 1. The maximum atomic E-state index is 12.8. The van der Waals surface area contributed by atoms with Crippen molar-refractivity contribution in [3.8, 4) is 5.75 Å². The molecule has 0 bridgehead atoms. The summed E-state index contributed by atoms with van der Waals surface area (Å²) in [6.45, 7) is 0.451. The molecule has 3 aromatic carbocycles. The van der Waals surface area contributed by atoms with Gasteiger partial charge in [-0.25, -0.2) is 4.79 Å². The van der Waals surface area contributed by atoms with Crippen LogP contribution >= 0.6 is 0 Å². The second-order valence-electron chi connectivity index (χ2n) is 8.03. The van der Waals surface area contributed by atoms with Crippen LogP contribution in [0.1, 0.15) is 21.5 Å². The van der Waals surface area contributed by atoms with Gasteiger partial charge in [0.15, 0.2) is 6.04 Å². The molecular formula is C28H31NO7. The maximum Gasteiger partial charge on any atom is 0.331 e. The minimum atomic E-state index is -1.45. The molecule has 0 spiro atoms. The fourth-order valence-corrected chi connectivity index (χ4v) is 3.48. The van der Waals surface area contributed by atoms with Crippen molar-refractivity contribution in [1.82, 2.24) is 5.32 Å². The fourth-order valence-electron chi connectivity index (χ4n) is 3.48. The number of amides is 1. The van der Waals surface area contributed by atoms with E-state index in [1.807, 2.05) is 60.7 Å². The van der Waals surface area contributed by atoms with Gasteiger partial charge < -0.3 is 29.4 Å². The predicted molar refractivity (Wildman–Crippen MR) is 133 cm³/mol. The first-order valence-electron chi connectivity index (χ1n) is 11.5. The van der Waals surface area contributed by atoms with E-state index in [-0.39, 0.29) is 13.2 Å². The van der Waals surface area contributed by atoms with Gasteiger partial charge in [-0.1, -0.05) is 60.7 Å². The summed E-state index contributed by atoms with van der Waals surface area (Å²) in [5.41, 5.74) is 2.12. The third-order valence-electron chi connectivity index (χ3n) is 5.52. The highest BCUT2D eigenvalue weighted by atomic mass is 16.5. The van der Waals surface area contributed by atoms with Crippen molar-refractivity contribution in [2.45, 2.75) is 31.5 Å². The molecule has 0 radical (unpaired) electrons. The summed E-state index contributed by atoms with van der Waals surface area (Å²) < 4.78 is 21.8.